The normalized spacial score (nSPS) is 10.9. The molecule has 0 aliphatic carbocycles. The van der Waals surface area contributed by atoms with Crippen molar-refractivity contribution in [3.05, 3.63) is 40.7 Å². The molecule has 86 valence electrons. The molecule has 3 aromatic rings. The maximum Gasteiger partial charge on any atom is 0.152 e. The first kappa shape index (κ1) is 10.2. The Morgan fingerprint density at radius 2 is 2.29 bits per heavy atom. The molecule has 0 aliphatic rings. The van der Waals surface area contributed by atoms with Crippen molar-refractivity contribution in [1.82, 2.24) is 19.6 Å². The van der Waals surface area contributed by atoms with Gasteiger partial charge in [-0.15, -0.1) is 11.3 Å². The highest BCUT2D eigenvalue weighted by Crippen LogP contribution is 2.17. The van der Waals surface area contributed by atoms with E-state index in [9.17, 15) is 0 Å². The Labute approximate surface area is 102 Å². The second-order valence-corrected chi connectivity index (χ2v) is 4.59. The monoisotopic (exact) mass is 245 g/mol. The standard InChI is InChI=1S/C11H11N5S/c1-8-10(17-7-14-8)6-13-11-9-2-3-15-16(9)5-4-12-11/h2-5,7H,6H2,1H3,(H,12,13). The van der Waals surface area contributed by atoms with E-state index in [2.05, 4.69) is 20.4 Å². The number of aromatic nitrogens is 4. The SMILES string of the molecule is Cc1ncsc1CNc1nccn2nccc12. The summed E-state index contributed by atoms with van der Waals surface area (Å²) in [7, 11) is 0. The van der Waals surface area contributed by atoms with E-state index in [0.717, 1.165) is 23.6 Å². The van der Waals surface area contributed by atoms with Crippen LogP contribution in [0.15, 0.2) is 30.2 Å². The minimum atomic E-state index is 0.744. The summed E-state index contributed by atoms with van der Waals surface area (Å²) in [6, 6.07) is 1.94. The van der Waals surface area contributed by atoms with Gasteiger partial charge in [0, 0.05) is 17.3 Å². The number of nitrogens with one attached hydrogen (secondary N) is 1. The van der Waals surface area contributed by atoms with Crippen LogP contribution < -0.4 is 5.32 Å². The van der Waals surface area contributed by atoms with Crippen LogP contribution in [0, 0.1) is 6.92 Å². The van der Waals surface area contributed by atoms with Crippen LogP contribution in [0.25, 0.3) is 5.52 Å². The number of thiazole rings is 1. The smallest absolute Gasteiger partial charge is 0.152 e. The first-order valence-corrected chi connectivity index (χ1v) is 6.14. The largest absolute Gasteiger partial charge is 0.363 e. The van der Waals surface area contributed by atoms with Gasteiger partial charge in [0.2, 0.25) is 0 Å². The van der Waals surface area contributed by atoms with E-state index in [1.54, 1.807) is 28.2 Å². The molecular weight excluding hydrogens is 234 g/mol. The van der Waals surface area contributed by atoms with Crippen LogP contribution in [-0.4, -0.2) is 19.6 Å². The summed E-state index contributed by atoms with van der Waals surface area (Å²) in [4.78, 5) is 9.77. The Bertz CT molecular complexity index is 642. The van der Waals surface area contributed by atoms with Crippen molar-refractivity contribution < 1.29 is 0 Å². The first-order chi connectivity index (χ1) is 8.34. The highest BCUT2D eigenvalue weighted by molar-refractivity contribution is 7.09. The molecule has 1 N–H and O–H groups in total. The zero-order valence-corrected chi connectivity index (χ0v) is 10.1. The Hall–Kier alpha value is -1.95. The Morgan fingerprint density at radius 3 is 3.12 bits per heavy atom. The predicted molar refractivity (Wildman–Crippen MR) is 67.2 cm³/mol. The van der Waals surface area contributed by atoms with Crippen LogP contribution in [0.2, 0.25) is 0 Å². The van der Waals surface area contributed by atoms with Crippen molar-refractivity contribution in [2.75, 3.05) is 5.32 Å². The van der Waals surface area contributed by atoms with E-state index in [1.165, 1.54) is 4.88 Å². The van der Waals surface area contributed by atoms with Gasteiger partial charge in [-0.25, -0.2) is 14.5 Å². The molecule has 0 bridgehead atoms. The van der Waals surface area contributed by atoms with Crippen molar-refractivity contribution in [2.45, 2.75) is 13.5 Å². The molecule has 0 fully saturated rings. The number of hydrogen-bond acceptors (Lipinski definition) is 5. The summed E-state index contributed by atoms with van der Waals surface area (Å²) in [5.41, 5.74) is 3.91. The Morgan fingerprint density at radius 1 is 1.35 bits per heavy atom. The molecule has 17 heavy (non-hydrogen) atoms. The first-order valence-electron chi connectivity index (χ1n) is 5.26. The quantitative estimate of drug-likeness (QED) is 0.767. The number of fused-ring (bicyclic) bond motifs is 1. The van der Waals surface area contributed by atoms with Gasteiger partial charge in [-0.1, -0.05) is 0 Å². The number of nitrogens with zero attached hydrogens (tertiary/aromatic N) is 4. The topological polar surface area (TPSA) is 55.1 Å². The van der Waals surface area contributed by atoms with E-state index in [1.807, 2.05) is 24.7 Å². The minimum Gasteiger partial charge on any atom is -0.363 e. The van der Waals surface area contributed by atoms with E-state index >= 15 is 0 Å². The van der Waals surface area contributed by atoms with Crippen LogP contribution in [-0.2, 0) is 6.54 Å². The lowest BCUT2D eigenvalue weighted by Gasteiger charge is -2.05. The molecule has 3 heterocycles. The lowest BCUT2D eigenvalue weighted by molar-refractivity contribution is 0.942. The maximum atomic E-state index is 4.32. The van der Waals surface area contributed by atoms with Crippen LogP contribution in [0.5, 0.6) is 0 Å². The minimum absolute atomic E-state index is 0.744. The molecular formula is C11H11N5S. The van der Waals surface area contributed by atoms with Crippen LogP contribution in [0.1, 0.15) is 10.6 Å². The zero-order chi connectivity index (χ0) is 11.7. The number of aryl methyl sites for hydroxylation is 1. The molecule has 3 aromatic heterocycles. The van der Waals surface area contributed by atoms with Crippen LogP contribution in [0.4, 0.5) is 5.82 Å². The predicted octanol–water partition coefficient (Wildman–Crippen LogP) is 2.11. The van der Waals surface area contributed by atoms with E-state index in [-0.39, 0.29) is 0 Å². The fraction of sp³-hybridized carbons (Fsp3) is 0.182. The van der Waals surface area contributed by atoms with Crippen LogP contribution >= 0.6 is 11.3 Å². The van der Waals surface area contributed by atoms with Gasteiger partial charge < -0.3 is 5.32 Å². The number of hydrogen-bond donors (Lipinski definition) is 1. The summed E-state index contributed by atoms with van der Waals surface area (Å²) in [5, 5.41) is 7.48. The second kappa shape index (κ2) is 4.14. The van der Waals surface area contributed by atoms with Gasteiger partial charge >= 0.3 is 0 Å². The maximum absolute atomic E-state index is 4.32. The number of anilines is 1. The molecule has 0 aromatic carbocycles. The van der Waals surface area contributed by atoms with Crippen molar-refractivity contribution in [1.29, 1.82) is 0 Å². The second-order valence-electron chi connectivity index (χ2n) is 3.65. The molecule has 0 saturated heterocycles. The third kappa shape index (κ3) is 1.87. The third-order valence-corrected chi connectivity index (χ3v) is 3.52. The van der Waals surface area contributed by atoms with E-state index in [0.29, 0.717) is 0 Å². The Kier molecular flexibility index (Phi) is 2.49. The van der Waals surface area contributed by atoms with Crippen molar-refractivity contribution in [3.8, 4) is 0 Å². The van der Waals surface area contributed by atoms with E-state index < -0.39 is 0 Å². The fourth-order valence-electron chi connectivity index (χ4n) is 1.65. The van der Waals surface area contributed by atoms with E-state index in [4.69, 9.17) is 0 Å². The average Bonchev–Trinajstić information content (AvgIpc) is 2.95. The molecule has 3 rings (SSSR count). The van der Waals surface area contributed by atoms with Gasteiger partial charge in [0.15, 0.2) is 5.82 Å². The van der Waals surface area contributed by atoms with Crippen molar-refractivity contribution in [3.63, 3.8) is 0 Å². The lowest BCUT2D eigenvalue weighted by Crippen LogP contribution is -2.03. The summed E-state index contributed by atoms with van der Waals surface area (Å²) >= 11 is 1.65. The van der Waals surface area contributed by atoms with Gasteiger partial charge in [-0.05, 0) is 13.0 Å². The molecule has 0 radical (unpaired) electrons. The van der Waals surface area contributed by atoms with Crippen LogP contribution in [0.3, 0.4) is 0 Å². The molecule has 0 unspecified atom stereocenters. The zero-order valence-electron chi connectivity index (χ0n) is 9.29. The highest BCUT2D eigenvalue weighted by Gasteiger charge is 2.05. The average molecular weight is 245 g/mol. The van der Waals surface area contributed by atoms with Gasteiger partial charge in [-0.2, -0.15) is 5.10 Å². The van der Waals surface area contributed by atoms with Gasteiger partial charge in [0.25, 0.3) is 0 Å². The molecule has 0 saturated carbocycles. The fourth-order valence-corrected chi connectivity index (χ4v) is 2.37. The summed E-state index contributed by atoms with van der Waals surface area (Å²) in [6.45, 7) is 2.76. The molecule has 0 spiro atoms. The van der Waals surface area contributed by atoms with Gasteiger partial charge in [0.1, 0.15) is 5.52 Å². The highest BCUT2D eigenvalue weighted by atomic mass is 32.1. The third-order valence-electron chi connectivity index (χ3n) is 2.59. The summed E-state index contributed by atoms with van der Waals surface area (Å²) < 4.78 is 1.80. The van der Waals surface area contributed by atoms with Crippen molar-refractivity contribution >= 4 is 22.7 Å². The number of rotatable bonds is 3. The Balaban J connectivity index is 1.86. The molecule has 0 atom stereocenters. The molecule has 5 nitrogen and oxygen atoms in total. The molecule has 0 amide bonds. The van der Waals surface area contributed by atoms with Gasteiger partial charge in [-0.3, -0.25) is 0 Å². The lowest BCUT2D eigenvalue weighted by atomic mass is 10.4. The summed E-state index contributed by atoms with van der Waals surface area (Å²) in [6.07, 6.45) is 5.33. The van der Waals surface area contributed by atoms with Crippen molar-refractivity contribution in [2.24, 2.45) is 0 Å². The van der Waals surface area contributed by atoms with Gasteiger partial charge in [0.05, 0.1) is 23.9 Å². The summed E-state index contributed by atoms with van der Waals surface area (Å²) in [5.74, 6) is 0.845. The molecule has 0 aliphatic heterocycles. The molecule has 6 heteroatoms.